The lowest BCUT2D eigenvalue weighted by atomic mass is 9.95. The second-order valence-electron chi connectivity index (χ2n) is 13.4. The van der Waals surface area contributed by atoms with Crippen LogP contribution in [0, 0.1) is 0 Å². The molecule has 2 fully saturated rings. The van der Waals surface area contributed by atoms with Gasteiger partial charge >= 0.3 is 12.1 Å². The second-order valence-corrected chi connectivity index (χ2v) is 13.4. The number of carboxylic acids is 1. The Balaban J connectivity index is 0.000000588. The number of likely N-dealkylation sites (tertiary alicyclic amines) is 1. The number of piperidine rings is 1. The average Bonchev–Trinajstić information content (AvgIpc) is 3.69. The summed E-state index contributed by atoms with van der Waals surface area (Å²) in [5.41, 5.74) is 7.05. The molecule has 0 radical (unpaired) electrons. The number of aromatic nitrogens is 7. The number of aliphatic carboxylic acids is 1. The van der Waals surface area contributed by atoms with Crippen molar-refractivity contribution >= 4 is 23.0 Å². The predicted molar refractivity (Wildman–Crippen MR) is 198 cm³/mol. The monoisotopic (exact) mass is 736 g/mol. The van der Waals surface area contributed by atoms with Gasteiger partial charge in [0.05, 0.1) is 5.69 Å². The fourth-order valence-electron chi connectivity index (χ4n) is 6.74. The zero-order valence-corrected chi connectivity index (χ0v) is 29.5. The first-order valence-electron chi connectivity index (χ1n) is 17.8. The number of H-pyrrole nitrogens is 1. The minimum Gasteiger partial charge on any atom is -0.475 e. The summed E-state index contributed by atoms with van der Waals surface area (Å²) in [5.74, 6) is 0.00165. The summed E-state index contributed by atoms with van der Waals surface area (Å²) in [6.07, 6.45) is 0.706. The summed E-state index contributed by atoms with van der Waals surface area (Å²) < 4.78 is 31.7. The van der Waals surface area contributed by atoms with Crippen LogP contribution in [-0.2, 0) is 11.3 Å². The number of piperazine rings is 1. The maximum atomic E-state index is 10.6. The van der Waals surface area contributed by atoms with Crippen molar-refractivity contribution < 1.29 is 23.1 Å². The number of carboxylic acid groups (broad SMARTS) is 1. The standard InChI is InChI=1S/C37H38N10.C2HF3O2/c1-25-23-47(20-17-38-25)37-40-22-30-21-31(27-7-3-2-4-8-27)33(41-34(30)43-37)28-12-10-26(11-13-28)24-46-18-14-29(15-19-46)35-42-36(45-44-35)32-9-5-6-16-39-32;3-2(4,5)1(6)7/h2-13,16,21-22,25,29,38H,14-15,17-20,23-24H2,1H3,(H,42,44,45);(H,6,7)/t25-;/m1./s1. The first kappa shape index (κ1) is 36.6. The molecule has 3 N–H and O–H groups in total. The molecule has 15 heteroatoms. The third kappa shape index (κ3) is 8.69. The molecule has 2 aliphatic rings. The molecule has 0 bridgehead atoms. The predicted octanol–water partition coefficient (Wildman–Crippen LogP) is 6.35. The van der Waals surface area contributed by atoms with Crippen LogP contribution in [0.25, 0.3) is 44.9 Å². The van der Waals surface area contributed by atoms with Gasteiger partial charge in [-0.2, -0.15) is 23.3 Å². The first-order valence-corrected chi connectivity index (χ1v) is 17.8. The van der Waals surface area contributed by atoms with Crippen molar-refractivity contribution in [2.45, 2.75) is 44.4 Å². The number of nitrogens with zero attached hydrogens (tertiary/aromatic N) is 8. The van der Waals surface area contributed by atoms with Crippen LogP contribution in [0.5, 0.6) is 0 Å². The minimum absolute atomic E-state index is 0.383. The highest BCUT2D eigenvalue weighted by Crippen LogP contribution is 2.34. The van der Waals surface area contributed by atoms with E-state index < -0.39 is 12.1 Å². The van der Waals surface area contributed by atoms with Gasteiger partial charge in [0.1, 0.15) is 11.5 Å². The Hall–Kier alpha value is -5.80. The number of rotatable bonds is 7. The van der Waals surface area contributed by atoms with E-state index in [2.05, 4.69) is 91.8 Å². The molecule has 6 aromatic rings. The van der Waals surface area contributed by atoms with Crippen LogP contribution in [0.1, 0.15) is 37.1 Å². The van der Waals surface area contributed by atoms with E-state index >= 15 is 0 Å². The molecule has 0 unspecified atom stereocenters. The molecule has 2 saturated heterocycles. The molecule has 12 nitrogen and oxygen atoms in total. The van der Waals surface area contributed by atoms with Crippen molar-refractivity contribution in [1.29, 1.82) is 0 Å². The van der Waals surface area contributed by atoms with E-state index in [0.717, 1.165) is 103 Å². The second kappa shape index (κ2) is 16.1. The molecule has 1 atom stereocenters. The maximum absolute atomic E-state index is 10.6. The minimum atomic E-state index is -5.08. The first-order chi connectivity index (χ1) is 26.1. The van der Waals surface area contributed by atoms with Gasteiger partial charge in [0.15, 0.2) is 11.5 Å². The highest BCUT2D eigenvalue weighted by molar-refractivity contribution is 5.90. The summed E-state index contributed by atoms with van der Waals surface area (Å²) in [6.45, 7) is 7.84. The van der Waals surface area contributed by atoms with E-state index in [9.17, 15) is 13.2 Å². The van der Waals surface area contributed by atoms with Gasteiger partial charge in [0, 0.05) is 67.0 Å². The van der Waals surface area contributed by atoms with Gasteiger partial charge in [-0.3, -0.25) is 15.0 Å². The van der Waals surface area contributed by atoms with Gasteiger partial charge in [0.25, 0.3) is 0 Å². The van der Waals surface area contributed by atoms with Crippen molar-refractivity contribution in [2.75, 3.05) is 37.6 Å². The third-order valence-corrected chi connectivity index (χ3v) is 9.54. The molecule has 2 aromatic carbocycles. The van der Waals surface area contributed by atoms with Crippen LogP contribution in [-0.4, -0.2) is 96.0 Å². The molecule has 8 rings (SSSR count). The van der Waals surface area contributed by atoms with Crippen molar-refractivity contribution in [1.82, 2.24) is 45.3 Å². The smallest absolute Gasteiger partial charge is 0.475 e. The number of nitrogens with one attached hydrogen (secondary N) is 2. The number of carbonyl (C=O) groups is 1. The van der Waals surface area contributed by atoms with E-state index in [1.807, 2.05) is 30.5 Å². The van der Waals surface area contributed by atoms with Crippen LogP contribution >= 0.6 is 0 Å². The van der Waals surface area contributed by atoms with Gasteiger partial charge < -0.3 is 15.3 Å². The summed E-state index contributed by atoms with van der Waals surface area (Å²) in [5, 5.41) is 19.2. The zero-order chi connectivity index (χ0) is 37.7. The molecule has 278 valence electrons. The molecule has 4 aromatic heterocycles. The Labute approximate surface area is 309 Å². The molecule has 0 amide bonds. The highest BCUT2D eigenvalue weighted by Gasteiger charge is 2.38. The lowest BCUT2D eigenvalue weighted by molar-refractivity contribution is -0.192. The molecule has 6 heterocycles. The van der Waals surface area contributed by atoms with Crippen LogP contribution in [0.3, 0.4) is 0 Å². The molecular formula is C39H39F3N10O2. The number of hydrogen-bond acceptors (Lipinski definition) is 10. The topological polar surface area (TPSA) is 149 Å². The van der Waals surface area contributed by atoms with Crippen LogP contribution in [0.2, 0.25) is 0 Å². The van der Waals surface area contributed by atoms with E-state index in [4.69, 9.17) is 29.8 Å². The summed E-state index contributed by atoms with van der Waals surface area (Å²) >= 11 is 0. The summed E-state index contributed by atoms with van der Waals surface area (Å²) in [6, 6.07) is 27.8. The lowest BCUT2D eigenvalue weighted by Crippen LogP contribution is -2.49. The Morgan fingerprint density at radius 2 is 1.65 bits per heavy atom. The van der Waals surface area contributed by atoms with Crippen molar-refractivity contribution in [3.63, 3.8) is 0 Å². The average molecular weight is 737 g/mol. The number of pyridine rings is 2. The van der Waals surface area contributed by atoms with Crippen molar-refractivity contribution in [3.05, 3.63) is 103 Å². The number of hydrogen-bond donors (Lipinski definition) is 3. The number of alkyl halides is 3. The molecular weight excluding hydrogens is 697 g/mol. The van der Waals surface area contributed by atoms with Gasteiger partial charge in [-0.1, -0.05) is 60.7 Å². The molecule has 2 aliphatic heterocycles. The number of halogens is 3. The zero-order valence-electron chi connectivity index (χ0n) is 29.5. The number of aromatic amines is 1. The fourth-order valence-corrected chi connectivity index (χ4v) is 6.74. The Kier molecular flexibility index (Phi) is 10.9. The Morgan fingerprint density at radius 1 is 0.907 bits per heavy atom. The number of anilines is 1. The van der Waals surface area contributed by atoms with Crippen LogP contribution < -0.4 is 10.2 Å². The summed E-state index contributed by atoms with van der Waals surface area (Å²) in [4.78, 5) is 37.7. The van der Waals surface area contributed by atoms with Gasteiger partial charge in [-0.15, -0.1) is 0 Å². The number of benzene rings is 2. The Morgan fingerprint density at radius 3 is 2.33 bits per heavy atom. The number of fused-ring (bicyclic) bond motifs is 1. The lowest BCUT2D eigenvalue weighted by Gasteiger charge is -2.31. The van der Waals surface area contributed by atoms with E-state index in [0.29, 0.717) is 17.8 Å². The van der Waals surface area contributed by atoms with E-state index in [1.165, 1.54) is 5.56 Å². The van der Waals surface area contributed by atoms with E-state index in [1.54, 1.807) is 6.20 Å². The molecule has 0 saturated carbocycles. The largest absolute Gasteiger partial charge is 0.490 e. The summed E-state index contributed by atoms with van der Waals surface area (Å²) in [7, 11) is 0. The maximum Gasteiger partial charge on any atom is 0.490 e. The van der Waals surface area contributed by atoms with Gasteiger partial charge in [-0.05, 0) is 62.2 Å². The molecule has 0 spiro atoms. The fraction of sp³-hybridized carbons (Fsp3) is 0.308. The van der Waals surface area contributed by atoms with Crippen molar-refractivity contribution in [2.24, 2.45) is 0 Å². The van der Waals surface area contributed by atoms with Crippen LogP contribution in [0.4, 0.5) is 19.1 Å². The third-order valence-electron chi connectivity index (χ3n) is 9.54. The van der Waals surface area contributed by atoms with Crippen LogP contribution in [0.15, 0.2) is 91.3 Å². The normalized spacial score (nSPS) is 16.9. The molecule has 0 aliphatic carbocycles. The van der Waals surface area contributed by atoms with Crippen molar-refractivity contribution in [3.8, 4) is 33.9 Å². The van der Waals surface area contributed by atoms with Gasteiger partial charge in [-0.25, -0.2) is 19.7 Å². The molecule has 54 heavy (non-hydrogen) atoms. The quantitative estimate of drug-likeness (QED) is 0.168. The highest BCUT2D eigenvalue weighted by atomic mass is 19.4. The van der Waals surface area contributed by atoms with Gasteiger partial charge in [0.2, 0.25) is 5.95 Å². The Bertz CT molecular complexity index is 2180. The van der Waals surface area contributed by atoms with E-state index in [-0.39, 0.29) is 0 Å². The SMILES string of the molecule is C[C@@H]1CN(c2ncc3cc(-c4ccccc4)c(-c4ccc(CN5CCC(c6nc(-c7ccccn7)n[nH]6)CC5)cc4)nc3n2)CCN1.O=C(O)C(F)(F)F.